The quantitative estimate of drug-likeness (QED) is 0.246. The topological polar surface area (TPSA) is 97.4 Å². The fraction of sp³-hybridized carbons (Fsp3) is 0.824. The second-order valence-corrected chi connectivity index (χ2v) is 5.23. The molecule has 1 unspecified atom stereocenters. The van der Waals surface area contributed by atoms with Gasteiger partial charge in [0.1, 0.15) is 13.2 Å². The third-order valence-corrected chi connectivity index (χ3v) is 3.20. The van der Waals surface area contributed by atoms with E-state index in [1.807, 2.05) is 6.92 Å². The van der Waals surface area contributed by atoms with Crippen LogP contribution in [0, 0.1) is 5.92 Å². The third kappa shape index (κ3) is 13.3. The summed E-state index contributed by atoms with van der Waals surface area (Å²) in [4.78, 5) is 35.3. The zero-order valence-electron chi connectivity index (χ0n) is 15.4. The maximum atomic E-state index is 12.0. The molecule has 0 fully saturated rings. The van der Waals surface area contributed by atoms with E-state index in [2.05, 4.69) is 11.7 Å². The highest BCUT2D eigenvalue weighted by Gasteiger charge is 2.27. The molecule has 0 amide bonds. The summed E-state index contributed by atoms with van der Waals surface area (Å²) in [6, 6.07) is 0. The highest BCUT2D eigenvalue weighted by molar-refractivity contribution is 5.84. The molecule has 0 bridgehead atoms. The summed E-state index contributed by atoms with van der Waals surface area (Å²) in [5.41, 5.74) is 0. The molecular weight excluding hydrogens is 332 g/mol. The molecule has 0 heterocycles. The van der Waals surface area contributed by atoms with Gasteiger partial charge in [-0.2, -0.15) is 0 Å². The first kappa shape index (κ1) is 23.3. The molecule has 8 nitrogen and oxygen atoms in total. The largest absolute Gasteiger partial charge is 0.469 e. The predicted molar refractivity (Wildman–Crippen MR) is 88.9 cm³/mol. The minimum atomic E-state index is -0.942. The van der Waals surface area contributed by atoms with Crippen LogP contribution in [-0.4, -0.2) is 64.7 Å². The summed E-state index contributed by atoms with van der Waals surface area (Å²) in [5.74, 6) is -2.78. The van der Waals surface area contributed by atoms with E-state index in [1.165, 1.54) is 7.11 Å². The van der Waals surface area contributed by atoms with Crippen molar-refractivity contribution in [3.05, 3.63) is 0 Å². The number of methoxy groups -OCH3 is 1. The molecule has 146 valence electrons. The summed E-state index contributed by atoms with van der Waals surface area (Å²) < 4.78 is 24.9. The van der Waals surface area contributed by atoms with E-state index in [0.717, 1.165) is 12.8 Å². The fourth-order valence-electron chi connectivity index (χ4n) is 1.81. The minimum absolute atomic E-state index is 0.0602. The lowest BCUT2D eigenvalue weighted by molar-refractivity contribution is -0.160. The van der Waals surface area contributed by atoms with Crippen LogP contribution in [0.1, 0.15) is 39.5 Å². The lowest BCUT2D eigenvalue weighted by Crippen LogP contribution is -2.26. The van der Waals surface area contributed by atoms with E-state index in [-0.39, 0.29) is 32.7 Å². The first-order valence-electron chi connectivity index (χ1n) is 8.59. The van der Waals surface area contributed by atoms with Gasteiger partial charge in [0.05, 0.1) is 39.1 Å². The van der Waals surface area contributed by atoms with E-state index >= 15 is 0 Å². The van der Waals surface area contributed by atoms with E-state index in [0.29, 0.717) is 19.8 Å². The third-order valence-electron chi connectivity index (χ3n) is 3.20. The average Bonchev–Trinajstić information content (AvgIpc) is 2.60. The van der Waals surface area contributed by atoms with Crippen molar-refractivity contribution in [1.29, 1.82) is 0 Å². The van der Waals surface area contributed by atoms with Crippen molar-refractivity contribution in [2.45, 2.75) is 39.5 Å². The molecule has 0 saturated heterocycles. The molecule has 0 saturated carbocycles. The molecule has 0 aliphatic rings. The van der Waals surface area contributed by atoms with Gasteiger partial charge in [-0.3, -0.25) is 14.4 Å². The Bertz CT molecular complexity index is 383. The van der Waals surface area contributed by atoms with Gasteiger partial charge in [0.25, 0.3) is 0 Å². The van der Waals surface area contributed by atoms with Crippen LogP contribution in [0.5, 0.6) is 0 Å². The van der Waals surface area contributed by atoms with Crippen molar-refractivity contribution >= 4 is 17.9 Å². The van der Waals surface area contributed by atoms with Crippen LogP contribution in [0.25, 0.3) is 0 Å². The fourth-order valence-corrected chi connectivity index (χ4v) is 1.81. The first-order chi connectivity index (χ1) is 12.0. The number of carbonyl (C=O) groups is 3. The van der Waals surface area contributed by atoms with Gasteiger partial charge < -0.3 is 23.7 Å². The standard InChI is InChI=1S/C17H30O8/c1-4-6-7-23-9-10-24-16(19)13-14(12-15(18)21-3)17(20)25-11-8-22-5-2/h14H,4-13H2,1-3H3. The summed E-state index contributed by atoms with van der Waals surface area (Å²) in [5, 5.41) is 0. The number of rotatable bonds is 15. The molecule has 0 aromatic rings. The number of hydrogen-bond donors (Lipinski definition) is 0. The highest BCUT2D eigenvalue weighted by Crippen LogP contribution is 2.13. The molecule has 0 radical (unpaired) electrons. The lowest BCUT2D eigenvalue weighted by atomic mass is 10.0. The smallest absolute Gasteiger partial charge is 0.310 e. The number of ether oxygens (including phenoxy) is 5. The summed E-state index contributed by atoms with van der Waals surface area (Å²) >= 11 is 0. The van der Waals surface area contributed by atoms with E-state index in [9.17, 15) is 14.4 Å². The zero-order chi connectivity index (χ0) is 18.9. The predicted octanol–water partition coefficient (Wildman–Crippen LogP) is 1.50. The van der Waals surface area contributed by atoms with Gasteiger partial charge in [-0.1, -0.05) is 13.3 Å². The Balaban J connectivity index is 4.25. The van der Waals surface area contributed by atoms with Gasteiger partial charge in [0, 0.05) is 13.2 Å². The highest BCUT2D eigenvalue weighted by atomic mass is 16.6. The number of hydrogen-bond acceptors (Lipinski definition) is 8. The van der Waals surface area contributed by atoms with Crippen molar-refractivity contribution in [2.75, 3.05) is 46.8 Å². The minimum Gasteiger partial charge on any atom is -0.469 e. The summed E-state index contributed by atoms with van der Waals surface area (Å²) in [7, 11) is 1.21. The van der Waals surface area contributed by atoms with Crippen LogP contribution in [0.15, 0.2) is 0 Å². The van der Waals surface area contributed by atoms with E-state index < -0.39 is 23.8 Å². The Hall–Kier alpha value is -1.67. The number of esters is 3. The Morgan fingerprint density at radius 1 is 0.800 bits per heavy atom. The summed E-state index contributed by atoms with van der Waals surface area (Å²) in [6.07, 6.45) is 1.48. The molecule has 8 heteroatoms. The Morgan fingerprint density at radius 2 is 1.44 bits per heavy atom. The van der Waals surface area contributed by atoms with Gasteiger partial charge in [-0.05, 0) is 13.3 Å². The van der Waals surface area contributed by atoms with Gasteiger partial charge in [0.2, 0.25) is 0 Å². The second kappa shape index (κ2) is 15.8. The molecule has 0 spiro atoms. The molecule has 0 aromatic heterocycles. The zero-order valence-corrected chi connectivity index (χ0v) is 15.4. The average molecular weight is 362 g/mol. The number of carbonyl (C=O) groups excluding carboxylic acids is 3. The van der Waals surface area contributed by atoms with E-state index in [1.54, 1.807) is 0 Å². The number of unbranched alkanes of at least 4 members (excludes halogenated alkanes) is 1. The van der Waals surface area contributed by atoms with Crippen LogP contribution in [0.2, 0.25) is 0 Å². The Morgan fingerprint density at radius 3 is 2.08 bits per heavy atom. The molecule has 0 rings (SSSR count). The van der Waals surface area contributed by atoms with Crippen LogP contribution in [0.3, 0.4) is 0 Å². The maximum absolute atomic E-state index is 12.0. The Labute approximate surface area is 149 Å². The second-order valence-electron chi connectivity index (χ2n) is 5.23. The maximum Gasteiger partial charge on any atom is 0.310 e. The molecule has 0 aliphatic carbocycles. The lowest BCUT2D eigenvalue weighted by Gasteiger charge is -2.14. The van der Waals surface area contributed by atoms with Crippen LogP contribution >= 0.6 is 0 Å². The Kier molecular flexibility index (Phi) is 14.8. The van der Waals surface area contributed by atoms with Crippen LogP contribution < -0.4 is 0 Å². The molecule has 0 aromatic carbocycles. The van der Waals surface area contributed by atoms with Gasteiger partial charge in [0.15, 0.2) is 0 Å². The van der Waals surface area contributed by atoms with Crippen molar-refractivity contribution < 1.29 is 38.1 Å². The molecule has 0 aliphatic heterocycles. The molecule has 0 N–H and O–H groups in total. The molecule has 25 heavy (non-hydrogen) atoms. The van der Waals surface area contributed by atoms with Crippen molar-refractivity contribution in [1.82, 2.24) is 0 Å². The molecular formula is C17H30O8. The van der Waals surface area contributed by atoms with Gasteiger partial charge in [-0.25, -0.2) is 0 Å². The summed E-state index contributed by atoms with van der Waals surface area (Å²) in [6.45, 7) is 5.72. The van der Waals surface area contributed by atoms with Gasteiger partial charge >= 0.3 is 17.9 Å². The van der Waals surface area contributed by atoms with Crippen molar-refractivity contribution in [3.63, 3.8) is 0 Å². The van der Waals surface area contributed by atoms with Crippen molar-refractivity contribution in [3.8, 4) is 0 Å². The van der Waals surface area contributed by atoms with Gasteiger partial charge in [-0.15, -0.1) is 0 Å². The SMILES string of the molecule is CCCCOCCOC(=O)CC(CC(=O)OC)C(=O)OCCOCC. The first-order valence-corrected chi connectivity index (χ1v) is 8.59. The van der Waals surface area contributed by atoms with Crippen molar-refractivity contribution in [2.24, 2.45) is 5.92 Å². The molecule has 1 atom stereocenters. The van der Waals surface area contributed by atoms with Crippen LogP contribution in [0.4, 0.5) is 0 Å². The monoisotopic (exact) mass is 362 g/mol. The van der Waals surface area contributed by atoms with Crippen LogP contribution in [-0.2, 0) is 38.1 Å². The normalized spacial score (nSPS) is 11.6. The van der Waals surface area contributed by atoms with E-state index in [4.69, 9.17) is 18.9 Å².